The van der Waals surface area contributed by atoms with Crippen LogP contribution in [0.2, 0.25) is 0 Å². The molecule has 10 heteroatoms. The third-order valence-corrected chi connectivity index (χ3v) is 5.63. The van der Waals surface area contributed by atoms with Crippen molar-refractivity contribution in [2.24, 2.45) is 0 Å². The summed E-state index contributed by atoms with van der Waals surface area (Å²) in [5, 5.41) is 3.91. The van der Waals surface area contributed by atoms with Gasteiger partial charge < -0.3 is 14.2 Å². The van der Waals surface area contributed by atoms with Crippen LogP contribution in [0.3, 0.4) is 0 Å². The van der Waals surface area contributed by atoms with Crippen molar-refractivity contribution in [3.05, 3.63) is 60.0 Å². The van der Waals surface area contributed by atoms with E-state index in [0.717, 1.165) is 10.5 Å². The first kappa shape index (κ1) is 21.2. The number of rotatable bonds is 6. The van der Waals surface area contributed by atoms with Crippen LogP contribution >= 0.6 is 11.8 Å². The number of carbonyl (C=O) groups excluding carboxylic acids is 1. The lowest BCUT2D eigenvalue weighted by atomic mass is 10.1. The molecule has 3 aromatic rings. The second-order valence-electron chi connectivity index (χ2n) is 7.05. The molecule has 162 valence electrons. The lowest BCUT2D eigenvalue weighted by molar-refractivity contribution is -0.274. The van der Waals surface area contributed by atoms with Gasteiger partial charge in [-0.05, 0) is 48.2 Å². The van der Waals surface area contributed by atoms with Gasteiger partial charge in [-0.2, -0.15) is 4.98 Å². The molecule has 1 saturated heterocycles. The van der Waals surface area contributed by atoms with Crippen LogP contribution in [0.1, 0.15) is 23.8 Å². The third kappa shape index (κ3) is 5.19. The molecule has 1 unspecified atom stereocenters. The van der Waals surface area contributed by atoms with Gasteiger partial charge in [-0.3, -0.25) is 4.79 Å². The summed E-state index contributed by atoms with van der Waals surface area (Å²) in [6.45, 7) is 0.967. The zero-order valence-electron chi connectivity index (χ0n) is 16.4. The summed E-state index contributed by atoms with van der Waals surface area (Å²) in [7, 11) is 0. The maximum absolute atomic E-state index is 12.4. The Morgan fingerprint density at radius 1 is 1.16 bits per heavy atom. The van der Waals surface area contributed by atoms with Gasteiger partial charge in [0, 0.05) is 30.0 Å². The molecule has 1 fully saturated rings. The van der Waals surface area contributed by atoms with E-state index < -0.39 is 6.36 Å². The molecule has 0 radical (unpaired) electrons. The van der Waals surface area contributed by atoms with Gasteiger partial charge in [-0.15, -0.1) is 24.9 Å². The molecule has 1 aliphatic rings. The van der Waals surface area contributed by atoms with Crippen molar-refractivity contribution in [2.75, 3.05) is 12.8 Å². The van der Waals surface area contributed by atoms with E-state index in [4.69, 9.17) is 4.52 Å². The van der Waals surface area contributed by atoms with Gasteiger partial charge in [0.2, 0.25) is 17.6 Å². The molecule has 0 N–H and O–H groups in total. The van der Waals surface area contributed by atoms with Gasteiger partial charge in [0.05, 0.1) is 5.92 Å². The van der Waals surface area contributed by atoms with E-state index in [1.807, 2.05) is 30.5 Å². The number of ether oxygens (including phenoxy) is 1. The minimum absolute atomic E-state index is 0.00680. The highest BCUT2D eigenvalue weighted by Crippen LogP contribution is 2.31. The predicted octanol–water partition coefficient (Wildman–Crippen LogP) is 4.87. The maximum Gasteiger partial charge on any atom is 0.573 e. The Morgan fingerprint density at radius 3 is 2.52 bits per heavy atom. The largest absolute Gasteiger partial charge is 0.573 e. The van der Waals surface area contributed by atoms with E-state index in [1.54, 1.807) is 16.7 Å². The van der Waals surface area contributed by atoms with Crippen molar-refractivity contribution in [3.63, 3.8) is 0 Å². The van der Waals surface area contributed by atoms with E-state index in [-0.39, 0.29) is 29.8 Å². The smallest absolute Gasteiger partial charge is 0.406 e. The van der Waals surface area contributed by atoms with Crippen molar-refractivity contribution >= 4 is 17.7 Å². The fraction of sp³-hybridized carbons (Fsp3) is 0.286. The normalized spacial score (nSPS) is 16.7. The molecule has 31 heavy (non-hydrogen) atoms. The lowest BCUT2D eigenvalue weighted by Crippen LogP contribution is -2.24. The number of likely N-dealkylation sites (tertiary alicyclic amines) is 1. The zero-order valence-corrected chi connectivity index (χ0v) is 17.2. The molecule has 0 spiro atoms. The van der Waals surface area contributed by atoms with Gasteiger partial charge in [0.15, 0.2) is 0 Å². The molecule has 6 nitrogen and oxygen atoms in total. The Bertz CT molecular complexity index is 1050. The summed E-state index contributed by atoms with van der Waals surface area (Å²) >= 11 is 1.66. The Hall–Kier alpha value is -3.01. The Morgan fingerprint density at radius 2 is 1.87 bits per heavy atom. The van der Waals surface area contributed by atoms with E-state index >= 15 is 0 Å². The van der Waals surface area contributed by atoms with Gasteiger partial charge in [-0.25, -0.2) is 0 Å². The van der Waals surface area contributed by atoms with Gasteiger partial charge in [-0.1, -0.05) is 17.3 Å². The molecule has 0 bridgehead atoms. The molecule has 2 heterocycles. The molecule has 1 amide bonds. The van der Waals surface area contributed by atoms with Crippen molar-refractivity contribution in [3.8, 4) is 17.1 Å². The van der Waals surface area contributed by atoms with E-state index in [0.29, 0.717) is 24.5 Å². The standard InChI is InChI=1S/C21H18F3N3O3S/c1-31-17-8-2-13(3-9-17)11-27-12-15(10-18(27)28)20-25-19(26-30-20)14-4-6-16(7-5-14)29-21(22,23)24/h2-9,15H,10-12H2,1H3. The number of halogens is 3. The molecule has 1 aliphatic heterocycles. The van der Waals surface area contributed by atoms with Crippen molar-refractivity contribution < 1.29 is 27.2 Å². The Kier molecular flexibility index (Phi) is 5.90. The van der Waals surface area contributed by atoms with E-state index in [2.05, 4.69) is 14.9 Å². The van der Waals surface area contributed by atoms with Crippen LogP contribution in [0.4, 0.5) is 13.2 Å². The van der Waals surface area contributed by atoms with Crippen LogP contribution in [0, 0.1) is 0 Å². The molecular weight excluding hydrogens is 431 g/mol. The predicted molar refractivity (Wildman–Crippen MR) is 107 cm³/mol. The number of hydrogen-bond donors (Lipinski definition) is 0. The number of hydrogen-bond acceptors (Lipinski definition) is 6. The summed E-state index contributed by atoms with van der Waals surface area (Å²) in [6.07, 6.45) is -2.48. The third-order valence-electron chi connectivity index (χ3n) is 4.88. The van der Waals surface area contributed by atoms with Crippen LogP contribution in [0.15, 0.2) is 57.9 Å². The molecule has 1 atom stereocenters. The summed E-state index contributed by atoms with van der Waals surface area (Å²) in [4.78, 5) is 19.7. The van der Waals surface area contributed by atoms with Crippen molar-refractivity contribution in [1.29, 1.82) is 0 Å². The number of amides is 1. The highest BCUT2D eigenvalue weighted by Gasteiger charge is 2.34. The quantitative estimate of drug-likeness (QED) is 0.500. The summed E-state index contributed by atoms with van der Waals surface area (Å²) in [5.41, 5.74) is 1.53. The van der Waals surface area contributed by atoms with Gasteiger partial charge >= 0.3 is 6.36 Å². The minimum atomic E-state index is -4.75. The lowest BCUT2D eigenvalue weighted by Gasteiger charge is -2.16. The molecule has 1 aromatic heterocycles. The first-order valence-electron chi connectivity index (χ1n) is 9.41. The summed E-state index contributed by atoms with van der Waals surface area (Å²) in [5.74, 6) is 0.0216. The zero-order chi connectivity index (χ0) is 22.0. The van der Waals surface area contributed by atoms with Crippen molar-refractivity contribution in [1.82, 2.24) is 15.0 Å². The van der Waals surface area contributed by atoms with Crippen LogP contribution in [-0.4, -0.2) is 40.1 Å². The molecule has 2 aromatic carbocycles. The van der Waals surface area contributed by atoms with E-state index in [1.165, 1.54) is 24.3 Å². The molecule has 0 saturated carbocycles. The minimum Gasteiger partial charge on any atom is -0.406 e. The topological polar surface area (TPSA) is 68.5 Å². The molecule has 0 aliphatic carbocycles. The number of carbonyl (C=O) groups is 1. The summed E-state index contributed by atoms with van der Waals surface area (Å²) < 4.78 is 46.0. The molecule has 4 rings (SSSR count). The number of aromatic nitrogens is 2. The van der Waals surface area contributed by atoms with Crippen LogP contribution in [0.5, 0.6) is 5.75 Å². The van der Waals surface area contributed by atoms with E-state index in [9.17, 15) is 18.0 Å². The average Bonchev–Trinajstić information content (AvgIpc) is 3.35. The fourth-order valence-corrected chi connectivity index (χ4v) is 3.77. The van der Waals surface area contributed by atoms with Crippen LogP contribution < -0.4 is 4.74 Å². The molecular formula is C21H18F3N3O3S. The highest BCUT2D eigenvalue weighted by atomic mass is 32.2. The fourth-order valence-electron chi connectivity index (χ4n) is 3.37. The monoisotopic (exact) mass is 449 g/mol. The Balaban J connectivity index is 1.41. The first-order valence-corrected chi connectivity index (χ1v) is 10.6. The van der Waals surface area contributed by atoms with Crippen LogP contribution in [-0.2, 0) is 11.3 Å². The highest BCUT2D eigenvalue weighted by molar-refractivity contribution is 7.98. The summed E-state index contributed by atoms with van der Waals surface area (Å²) in [6, 6.07) is 13.2. The average molecular weight is 449 g/mol. The van der Waals surface area contributed by atoms with Crippen LogP contribution in [0.25, 0.3) is 11.4 Å². The second-order valence-corrected chi connectivity index (χ2v) is 7.93. The number of benzene rings is 2. The van der Waals surface area contributed by atoms with Gasteiger partial charge in [0.1, 0.15) is 5.75 Å². The Labute approximate surface area is 180 Å². The number of alkyl halides is 3. The van der Waals surface area contributed by atoms with Gasteiger partial charge in [0.25, 0.3) is 0 Å². The first-order chi connectivity index (χ1) is 14.8. The van der Waals surface area contributed by atoms with Crippen molar-refractivity contribution in [2.45, 2.75) is 30.1 Å². The second kappa shape index (κ2) is 8.62. The number of thioether (sulfide) groups is 1. The number of nitrogens with zero attached hydrogens (tertiary/aromatic N) is 3. The maximum atomic E-state index is 12.4. The SMILES string of the molecule is CSc1ccc(CN2CC(c3nc(-c4ccc(OC(F)(F)F)cc4)no3)CC2=O)cc1.